The smallest absolute Gasteiger partial charge is 0.422 e. The number of halogens is 18. The van der Waals surface area contributed by atoms with Gasteiger partial charge in [0.2, 0.25) is 0 Å². The minimum atomic E-state index is -4.69. The Bertz CT molecular complexity index is 5540. The lowest BCUT2D eigenvalue weighted by Gasteiger charge is -2.14. The van der Waals surface area contributed by atoms with Crippen LogP contribution in [-0.4, -0.2) is 146 Å². The van der Waals surface area contributed by atoms with Gasteiger partial charge in [-0.3, -0.25) is 0 Å². The number of thioether (sulfide) groups is 3. The third-order valence-corrected chi connectivity index (χ3v) is 18.3. The van der Waals surface area contributed by atoms with E-state index < -0.39 is 163 Å². The average Bonchev–Trinajstić information content (AvgIpc) is 0.790. The number of anilines is 6. The highest BCUT2D eigenvalue weighted by atomic mass is 35.5. The summed E-state index contributed by atoms with van der Waals surface area (Å²) < 4.78 is 184. The number of methoxy groups -OCH3 is 4. The first-order valence-electron chi connectivity index (χ1n) is 30.6. The summed E-state index contributed by atoms with van der Waals surface area (Å²) in [6.45, 7) is -1.74. The van der Waals surface area contributed by atoms with Gasteiger partial charge in [0.05, 0.1) is 76.6 Å². The molecular formula is C69H52Cl6F12N12O15S3. The molecule has 0 amide bonds. The maximum Gasteiger partial charge on any atom is 0.422 e. The number of carbonyl (C=O) groups is 6. The summed E-state index contributed by atoms with van der Waals surface area (Å²) in [7, 11) is 4.64. The molecule has 10 aromatic rings. The van der Waals surface area contributed by atoms with Gasteiger partial charge in [0.25, 0.3) is 0 Å². The van der Waals surface area contributed by atoms with E-state index in [0.717, 1.165) is 79.8 Å². The molecule has 622 valence electrons. The van der Waals surface area contributed by atoms with Crippen molar-refractivity contribution >= 4 is 175 Å². The van der Waals surface area contributed by atoms with E-state index in [1.807, 2.05) is 0 Å². The molecule has 4 aromatic carbocycles. The van der Waals surface area contributed by atoms with Crippen LogP contribution < -0.4 is 48.6 Å². The van der Waals surface area contributed by atoms with Crippen LogP contribution in [0.3, 0.4) is 0 Å². The van der Waals surface area contributed by atoms with Crippen LogP contribution >= 0.6 is 105 Å². The lowest BCUT2D eigenvalue weighted by Crippen LogP contribution is -2.21. The van der Waals surface area contributed by atoms with Crippen molar-refractivity contribution in [1.82, 2.24) is 29.9 Å². The van der Waals surface area contributed by atoms with Crippen LogP contribution in [0.25, 0.3) is 45.0 Å². The zero-order valence-corrected chi connectivity index (χ0v) is 66.7. The van der Waals surface area contributed by atoms with Gasteiger partial charge < -0.3 is 78.5 Å². The number of benzene rings is 4. The summed E-state index contributed by atoms with van der Waals surface area (Å²) in [6, 6.07) is 15.2. The number of carbonyl (C=O) groups excluding carboxylic acids is 2. The molecular weight excluding hydrogens is 1770 g/mol. The molecule has 48 heteroatoms. The fraction of sp³-hybridized carbons (Fsp3) is 0.130. The van der Waals surface area contributed by atoms with E-state index in [4.69, 9.17) is 134 Å². The molecule has 0 spiro atoms. The van der Waals surface area contributed by atoms with Crippen LogP contribution in [0.5, 0.6) is 17.2 Å². The SMILES string of the molecule is COC(=O)c1nc(-c2ccc(Cl)cc2F)c(F)c(N)c1OC.COC(=O)c1nc(Cl)c(F)c(N)c1SC.COc1c(C(=O)O)nc(-c2ccc(Cl)cc2F)c(F)c1N.CSc1c(C(=O)O)nc(-c2ccc(Cl)c(F)c2)c(F)c1N.CSc1c(C(=O)O)nc(Cl)c(F)c1N.Nc1cc(-c2ccc(Cl)cc2F)nc(C(=O)O)c1OCC(F)(F)F. The van der Waals surface area contributed by atoms with E-state index in [1.165, 1.54) is 62.8 Å². The quantitative estimate of drug-likeness (QED) is 0.0175. The Morgan fingerprint density at radius 1 is 0.402 bits per heavy atom. The van der Waals surface area contributed by atoms with Crippen LogP contribution in [0.1, 0.15) is 62.9 Å². The van der Waals surface area contributed by atoms with Gasteiger partial charge >= 0.3 is 42.0 Å². The van der Waals surface area contributed by atoms with Gasteiger partial charge in [-0.05, 0) is 91.6 Å². The number of aromatic carboxylic acids is 4. The topological polar surface area (TPSA) is 463 Å². The Morgan fingerprint density at radius 2 is 0.752 bits per heavy atom. The summed E-state index contributed by atoms with van der Waals surface area (Å²) in [5, 5.41) is 35.3. The summed E-state index contributed by atoms with van der Waals surface area (Å²) in [4.78, 5) is 89.4. The molecule has 0 aliphatic carbocycles. The molecule has 117 heavy (non-hydrogen) atoms. The van der Waals surface area contributed by atoms with Crippen molar-refractivity contribution in [2.75, 3.05) is 88.2 Å². The summed E-state index contributed by atoms with van der Waals surface area (Å²) >= 11 is 36.3. The lowest BCUT2D eigenvalue weighted by atomic mass is 10.1. The number of rotatable bonds is 17. The second-order valence-electron chi connectivity index (χ2n) is 21.6. The molecule has 0 atom stereocenters. The van der Waals surface area contributed by atoms with Crippen molar-refractivity contribution in [3.8, 4) is 62.3 Å². The second-order valence-corrected chi connectivity index (χ2v) is 26.5. The number of nitrogens with zero attached hydrogens (tertiary/aromatic N) is 6. The van der Waals surface area contributed by atoms with Crippen molar-refractivity contribution < 1.29 is 126 Å². The largest absolute Gasteiger partial charge is 0.492 e. The van der Waals surface area contributed by atoms with Gasteiger partial charge in [-0.1, -0.05) is 75.7 Å². The Hall–Kier alpha value is -11.3. The van der Waals surface area contributed by atoms with Crippen LogP contribution in [0.2, 0.25) is 30.4 Å². The van der Waals surface area contributed by atoms with E-state index in [-0.39, 0.29) is 114 Å². The average molecular weight is 1830 g/mol. The minimum absolute atomic E-state index is 0.0261. The molecule has 0 radical (unpaired) electrons. The fourth-order valence-corrected chi connectivity index (χ4v) is 12.0. The third kappa shape index (κ3) is 23.5. The van der Waals surface area contributed by atoms with Crippen molar-refractivity contribution in [3.63, 3.8) is 0 Å². The van der Waals surface area contributed by atoms with E-state index >= 15 is 0 Å². The number of esters is 2. The van der Waals surface area contributed by atoms with Crippen LogP contribution in [0, 0.1) is 52.4 Å². The molecule has 6 heterocycles. The maximum atomic E-state index is 14.3. The van der Waals surface area contributed by atoms with Crippen LogP contribution in [0.4, 0.5) is 86.8 Å². The molecule has 0 saturated heterocycles. The molecule has 0 saturated carbocycles. The van der Waals surface area contributed by atoms with Gasteiger partial charge in [-0.25, -0.2) is 98.2 Å². The summed E-state index contributed by atoms with van der Waals surface area (Å²) in [5.41, 5.74) is 26.2. The number of nitrogen functional groups attached to an aromatic ring is 6. The molecule has 6 aromatic heterocycles. The highest BCUT2D eigenvalue weighted by Crippen LogP contribution is 2.41. The maximum absolute atomic E-state index is 14.3. The number of carboxylic acid groups (broad SMARTS) is 4. The highest BCUT2D eigenvalue weighted by molar-refractivity contribution is 7.99. The molecule has 0 fully saturated rings. The van der Waals surface area contributed by atoms with Gasteiger partial charge in [0, 0.05) is 37.3 Å². The Labute approximate surface area is 693 Å². The number of pyridine rings is 6. The first kappa shape index (κ1) is 96.3. The van der Waals surface area contributed by atoms with Crippen LogP contribution in [-0.2, 0) is 9.47 Å². The van der Waals surface area contributed by atoms with Gasteiger partial charge in [-0.2, -0.15) is 13.2 Å². The van der Waals surface area contributed by atoms with Crippen molar-refractivity contribution in [2.24, 2.45) is 0 Å². The zero-order valence-electron chi connectivity index (χ0n) is 59.7. The van der Waals surface area contributed by atoms with Crippen molar-refractivity contribution in [2.45, 2.75) is 20.9 Å². The van der Waals surface area contributed by atoms with E-state index in [0.29, 0.717) is 0 Å². The number of alkyl halides is 3. The van der Waals surface area contributed by atoms with Gasteiger partial charge in [0.1, 0.15) is 51.7 Å². The highest BCUT2D eigenvalue weighted by Gasteiger charge is 2.33. The zero-order chi connectivity index (χ0) is 88.4. The summed E-state index contributed by atoms with van der Waals surface area (Å²) in [6.07, 6.45) is 0.0877. The molecule has 0 aliphatic rings. The number of nitrogens with two attached hydrogens (primary N) is 6. The number of ether oxygens (including phenoxy) is 5. The van der Waals surface area contributed by atoms with E-state index in [9.17, 15) is 81.5 Å². The number of aromatic nitrogens is 6. The fourth-order valence-electron chi connectivity index (χ4n) is 9.10. The predicted molar refractivity (Wildman–Crippen MR) is 414 cm³/mol. The van der Waals surface area contributed by atoms with Crippen molar-refractivity contribution in [3.05, 3.63) is 196 Å². The predicted octanol–water partition coefficient (Wildman–Crippen LogP) is 17.3. The molecule has 27 nitrogen and oxygen atoms in total. The molecule has 16 N–H and O–H groups in total. The molecule has 10 rings (SSSR count). The second kappa shape index (κ2) is 42.1. The number of hydrogen-bond donors (Lipinski definition) is 10. The monoisotopic (exact) mass is 1820 g/mol. The number of carboxylic acids is 4. The summed E-state index contributed by atoms with van der Waals surface area (Å²) in [5.74, 6) is -16.7. The standard InChI is InChI=1S/C14H9ClF4N2O3.C14H11ClF2N2O3.C13H9ClF2N2O3.C13H9ClF2N2O2S.C8H8ClFN2O2S.C7H6ClFN2O2S/c15-6-1-2-7(8(16)3-6)10-4-9(20)12(11(21-10)13(22)23)24-5-14(17,18)19;1-21-13-10(18)9(17)11(19-12(13)14(20)22-2)7-4-3-6(15)5-8(7)16;1-21-12-9(17)8(16)10(18-11(12)13(19)20)6-3-2-5(14)4-7(6)15;1-21-12-9(17)8(16)10(18-11(12)13(19)20)5-2-3-6(14)7(15)4-5;1-14-8(13)5-6(15-2)4(11)3(10)7(9)12-5;1-14-5-3(10)2(9)6(8)11-4(5)7(12)13/h1-4H,5H2,(H2,20,21)(H,22,23);3-5H,1-2H3,(H2,18,19);2*2-4H,1H3,(H2,17,18)(H,19,20);1-2H3,(H2,11,12);1H3,(H2,10,11)(H,12,13). The minimum Gasteiger partial charge on any atom is -0.492 e. The molecule has 0 bridgehead atoms. The Balaban J connectivity index is 0.000000253. The van der Waals surface area contributed by atoms with Gasteiger partial charge in [-0.15, -0.1) is 35.3 Å². The van der Waals surface area contributed by atoms with Crippen molar-refractivity contribution in [1.29, 1.82) is 0 Å². The molecule has 0 unspecified atom stereocenters. The first-order chi connectivity index (χ1) is 54.7. The van der Waals surface area contributed by atoms with Crippen LogP contribution in [0.15, 0.2) is 93.5 Å². The molecule has 0 aliphatic heterocycles. The Kier molecular flexibility index (Phi) is 34.6. The normalized spacial score (nSPS) is 10.6. The lowest BCUT2D eigenvalue weighted by molar-refractivity contribution is -0.153. The Morgan fingerprint density at radius 3 is 1.14 bits per heavy atom. The van der Waals surface area contributed by atoms with E-state index in [1.54, 1.807) is 18.8 Å². The first-order valence-corrected chi connectivity index (χ1v) is 36.5. The number of hydrogen-bond acceptors (Lipinski definition) is 26. The van der Waals surface area contributed by atoms with E-state index in [2.05, 4.69) is 44.1 Å². The third-order valence-electron chi connectivity index (χ3n) is 14.3. The van der Waals surface area contributed by atoms with Gasteiger partial charge in [0.15, 0.2) is 97.4 Å².